The summed E-state index contributed by atoms with van der Waals surface area (Å²) in [4.78, 5) is 23.7. The minimum Gasteiger partial charge on any atom is -0.335 e. The van der Waals surface area contributed by atoms with Gasteiger partial charge in [-0.1, -0.05) is 37.3 Å². The van der Waals surface area contributed by atoms with Crippen molar-refractivity contribution in [3.8, 4) is 0 Å². The molecule has 2 aromatic carbocycles. The highest BCUT2D eigenvalue weighted by atomic mass is 32.1. The molecule has 3 aromatic rings. The number of thiazole rings is 1. The molecule has 33 heavy (non-hydrogen) atoms. The Bertz CT molecular complexity index is 1060. The lowest BCUT2D eigenvalue weighted by molar-refractivity contribution is 0.0638. The monoisotopic (exact) mass is 470 g/mol. The van der Waals surface area contributed by atoms with E-state index < -0.39 is 0 Å². The summed E-state index contributed by atoms with van der Waals surface area (Å²) in [7, 11) is 0. The second kappa shape index (κ2) is 11.0. The van der Waals surface area contributed by atoms with Crippen LogP contribution in [0.2, 0.25) is 0 Å². The molecule has 174 valence electrons. The molecule has 0 saturated carbocycles. The Morgan fingerprint density at radius 1 is 1.00 bits per heavy atom. The molecule has 5 nitrogen and oxygen atoms in total. The highest BCUT2D eigenvalue weighted by molar-refractivity contribution is 7.09. The molecular weight excluding hydrogens is 442 g/mol. The minimum atomic E-state index is -0.290. The van der Waals surface area contributed by atoms with Gasteiger partial charge in [0, 0.05) is 50.2 Å². The lowest BCUT2D eigenvalue weighted by atomic mass is 10.1. The number of piperazine rings is 1. The van der Waals surface area contributed by atoms with Crippen molar-refractivity contribution in [1.29, 1.82) is 0 Å². The lowest BCUT2D eigenvalue weighted by Crippen LogP contribution is -2.48. The summed E-state index contributed by atoms with van der Waals surface area (Å²) in [6.45, 7) is 7.67. The van der Waals surface area contributed by atoms with E-state index in [4.69, 9.17) is 0 Å². The Kier molecular flexibility index (Phi) is 7.80. The fraction of sp³-hybridized carbons (Fsp3) is 0.360. The third kappa shape index (κ3) is 6.22. The first-order valence-electron chi connectivity index (χ1n) is 11.2. The molecule has 0 unspecified atom stereocenters. The molecular formula is C25H28F2N4OS. The molecule has 0 radical (unpaired) electrons. The number of rotatable bonds is 8. The van der Waals surface area contributed by atoms with E-state index in [0.29, 0.717) is 44.0 Å². The van der Waals surface area contributed by atoms with Crippen LogP contribution in [0.3, 0.4) is 0 Å². The summed E-state index contributed by atoms with van der Waals surface area (Å²) in [5.41, 5.74) is 1.98. The van der Waals surface area contributed by atoms with E-state index in [1.807, 2.05) is 16.3 Å². The zero-order chi connectivity index (χ0) is 23.2. The Labute approximate surface area is 197 Å². The normalized spacial score (nSPS) is 14.7. The van der Waals surface area contributed by atoms with Gasteiger partial charge in [0.2, 0.25) is 0 Å². The molecule has 8 heteroatoms. The van der Waals surface area contributed by atoms with Crippen molar-refractivity contribution in [1.82, 2.24) is 19.7 Å². The second-order valence-corrected chi connectivity index (χ2v) is 9.16. The van der Waals surface area contributed by atoms with Crippen LogP contribution in [0.15, 0.2) is 53.9 Å². The number of hydrogen-bond donors (Lipinski definition) is 0. The number of nitrogens with zero attached hydrogens (tertiary/aromatic N) is 4. The maximum atomic E-state index is 14.3. The topological polar surface area (TPSA) is 39.7 Å². The van der Waals surface area contributed by atoms with Gasteiger partial charge >= 0.3 is 0 Å². The van der Waals surface area contributed by atoms with E-state index in [2.05, 4.69) is 21.7 Å². The van der Waals surface area contributed by atoms with Gasteiger partial charge < -0.3 is 9.80 Å². The van der Waals surface area contributed by atoms with Crippen molar-refractivity contribution >= 4 is 17.2 Å². The van der Waals surface area contributed by atoms with Gasteiger partial charge in [-0.25, -0.2) is 13.8 Å². The van der Waals surface area contributed by atoms with E-state index in [1.54, 1.807) is 24.3 Å². The van der Waals surface area contributed by atoms with Crippen LogP contribution in [0.25, 0.3) is 0 Å². The van der Waals surface area contributed by atoms with Gasteiger partial charge in [-0.2, -0.15) is 0 Å². The molecule has 1 saturated heterocycles. The number of amides is 1. The molecule has 0 atom stereocenters. The summed E-state index contributed by atoms with van der Waals surface area (Å²) in [6, 6.07) is 13.0. The molecule has 0 N–H and O–H groups in total. The van der Waals surface area contributed by atoms with E-state index >= 15 is 0 Å². The van der Waals surface area contributed by atoms with Crippen molar-refractivity contribution in [3.05, 3.63) is 87.4 Å². The standard InChI is InChI=1S/C25H28F2N4OS/c1-2-29-11-13-31(14-12-29)25(32)23-18-33-24(28-23)17-30(15-19-7-9-21(26)10-8-19)16-20-5-3-4-6-22(20)27/h3-10,18H,2,11-17H2,1H3. The van der Waals surface area contributed by atoms with Crippen LogP contribution in [0.5, 0.6) is 0 Å². The molecule has 1 amide bonds. The molecule has 4 rings (SSSR count). The van der Waals surface area contributed by atoms with Crippen LogP contribution in [0, 0.1) is 11.6 Å². The fourth-order valence-electron chi connectivity index (χ4n) is 3.99. The number of hydrogen-bond acceptors (Lipinski definition) is 5. The SMILES string of the molecule is CCN1CCN(C(=O)c2csc(CN(Cc3ccc(F)cc3)Cc3ccccc3F)n2)CC1. The second-order valence-electron chi connectivity index (χ2n) is 8.22. The zero-order valence-corrected chi connectivity index (χ0v) is 19.5. The number of aromatic nitrogens is 1. The van der Waals surface area contributed by atoms with Crippen LogP contribution in [-0.4, -0.2) is 58.3 Å². The fourth-order valence-corrected chi connectivity index (χ4v) is 4.79. The number of carbonyl (C=O) groups excluding carboxylic acids is 1. The minimum absolute atomic E-state index is 0.0348. The first-order chi connectivity index (χ1) is 16.0. The number of carbonyl (C=O) groups is 1. The Morgan fingerprint density at radius 3 is 2.42 bits per heavy atom. The van der Waals surface area contributed by atoms with Crippen molar-refractivity contribution in [2.24, 2.45) is 0 Å². The molecule has 1 aliphatic heterocycles. The lowest BCUT2D eigenvalue weighted by Gasteiger charge is -2.33. The maximum absolute atomic E-state index is 14.3. The maximum Gasteiger partial charge on any atom is 0.273 e. The summed E-state index contributed by atoms with van der Waals surface area (Å²) in [5, 5.41) is 2.60. The first kappa shape index (κ1) is 23.5. The summed E-state index contributed by atoms with van der Waals surface area (Å²) >= 11 is 1.44. The summed E-state index contributed by atoms with van der Waals surface area (Å²) in [5.74, 6) is -0.586. The number of likely N-dealkylation sites (N-methyl/N-ethyl adjacent to an activating group) is 1. The molecule has 0 spiro atoms. The Hall–Kier alpha value is -2.68. The Morgan fingerprint density at radius 2 is 1.73 bits per heavy atom. The van der Waals surface area contributed by atoms with E-state index in [1.165, 1.54) is 29.5 Å². The average molecular weight is 471 g/mol. The van der Waals surface area contributed by atoms with Crippen molar-refractivity contribution in [2.75, 3.05) is 32.7 Å². The van der Waals surface area contributed by atoms with Gasteiger partial charge in [0.05, 0.1) is 6.54 Å². The molecule has 2 heterocycles. The van der Waals surface area contributed by atoms with E-state index in [9.17, 15) is 13.6 Å². The third-order valence-corrected chi connectivity index (χ3v) is 6.74. The van der Waals surface area contributed by atoms with E-state index in [0.717, 1.165) is 30.2 Å². The predicted molar refractivity (Wildman–Crippen MR) is 126 cm³/mol. The van der Waals surface area contributed by atoms with Gasteiger partial charge in [0.1, 0.15) is 22.3 Å². The van der Waals surface area contributed by atoms with Crippen LogP contribution >= 0.6 is 11.3 Å². The first-order valence-corrected chi connectivity index (χ1v) is 12.1. The van der Waals surface area contributed by atoms with E-state index in [-0.39, 0.29) is 17.5 Å². The highest BCUT2D eigenvalue weighted by Crippen LogP contribution is 2.20. The molecule has 1 aliphatic rings. The third-order valence-electron chi connectivity index (χ3n) is 5.91. The Balaban J connectivity index is 1.46. The largest absolute Gasteiger partial charge is 0.335 e. The quantitative estimate of drug-likeness (QED) is 0.489. The number of halogens is 2. The van der Waals surface area contributed by atoms with Gasteiger partial charge in [0.15, 0.2) is 0 Å². The van der Waals surface area contributed by atoms with Gasteiger partial charge in [-0.05, 0) is 30.3 Å². The van der Waals surface area contributed by atoms with Gasteiger partial charge in [-0.3, -0.25) is 9.69 Å². The predicted octanol–water partition coefficient (Wildman–Crippen LogP) is 4.40. The smallest absolute Gasteiger partial charge is 0.273 e. The van der Waals surface area contributed by atoms with Crippen molar-refractivity contribution in [3.63, 3.8) is 0 Å². The molecule has 1 fully saturated rings. The molecule has 0 bridgehead atoms. The van der Waals surface area contributed by atoms with Crippen molar-refractivity contribution in [2.45, 2.75) is 26.6 Å². The number of benzene rings is 2. The van der Waals surface area contributed by atoms with Crippen LogP contribution in [0.1, 0.15) is 33.5 Å². The molecule has 1 aromatic heterocycles. The average Bonchev–Trinajstić information content (AvgIpc) is 3.30. The summed E-state index contributed by atoms with van der Waals surface area (Å²) in [6.07, 6.45) is 0. The molecule has 0 aliphatic carbocycles. The van der Waals surface area contributed by atoms with Crippen LogP contribution in [-0.2, 0) is 19.6 Å². The highest BCUT2D eigenvalue weighted by Gasteiger charge is 2.23. The summed E-state index contributed by atoms with van der Waals surface area (Å²) < 4.78 is 27.6. The van der Waals surface area contributed by atoms with Gasteiger partial charge in [-0.15, -0.1) is 11.3 Å². The van der Waals surface area contributed by atoms with Gasteiger partial charge in [0.25, 0.3) is 5.91 Å². The van der Waals surface area contributed by atoms with Crippen LogP contribution < -0.4 is 0 Å². The van der Waals surface area contributed by atoms with Crippen molar-refractivity contribution < 1.29 is 13.6 Å². The zero-order valence-electron chi connectivity index (χ0n) is 18.7. The van der Waals surface area contributed by atoms with Crippen LogP contribution in [0.4, 0.5) is 8.78 Å².